The van der Waals surface area contributed by atoms with Gasteiger partial charge in [-0.2, -0.15) is 5.26 Å². The summed E-state index contributed by atoms with van der Waals surface area (Å²) in [6, 6.07) is 14.4. The number of carbonyl (C=O) groups excluding carboxylic acids is 1. The number of hydrogen-bond acceptors (Lipinski definition) is 7. The fourth-order valence-electron chi connectivity index (χ4n) is 6.66. The van der Waals surface area contributed by atoms with Crippen molar-refractivity contribution in [2.24, 2.45) is 5.41 Å². The van der Waals surface area contributed by atoms with Gasteiger partial charge in [-0.3, -0.25) is 4.79 Å². The maximum Gasteiger partial charge on any atom is 0.313 e. The van der Waals surface area contributed by atoms with Gasteiger partial charge in [-0.25, -0.2) is 9.97 Å². The first kappa shape index (κ1) is 26.5. The average molecular weight is 537 g/mol. The first-order valence-corrected chi connectivity index (χ1v) is 14.4. The van der Waals surface area contributed by atoms with Gasteiger partial charge in [0, 0.05) is 42.0 Å². The molecule has 1 saturated heterocycles. The SMILES string of the molecule is CCOC(=O)C1(CN2CCC3(CCc4c(-c5cnc(-c6ccc(OC(C)C)c(C#N)c6)nc5)cccc43)C2)CC1. The van der Waals surface area contributed by atoms with Crippen molar-refractivity contribution >= 4 is 5.97 Å². The van der Waals surface area contributed by atoms with E-state index in [2.05, 4.69) is 39.1 Å². The quantitative estimate of drug-likeness (QED) is 0.341. The number of likely N-dealkylation sites (tertiary alicyclic amines) is 1. The molecule has 7 heteroatoms. The highest BCUT2D eigenvalue weighted by Crippen LogP contribution is 2.52. The fraction of sp³-hybridized carbons (Fsp3) is 0.455. The highest BCUT2D eigenvalue weighted by atomic mass is 16.5. The predicted octanol–water partition coefficient (Wildman–Crippen LogP) is 5.70. The van der Waals surface area contributed by atoms with Gasteiger partial charge in [0.05, 0.1) is 23.7 Å². The van der Waals surface area contributed by atoms with Crippen molar-refractivity contribution in [2.45, 2.75) is 64.4 Å². The smallest absolute Gasteiger partial charge is 0.313 e. The monoisotopic (exact) mass is 536 g/mol. The molecular weight excluding hydrogens is 500 g/mol. The van der Waals surface area contributed by atoms with Crippen LogP contribution in [-0.4, -0.2) is 53.2 Å². The first-order valence-electron chi connectivity index (χ1n) is 14.4. The van der Waals surface area contributed by atoms with E-state index < -0.39 is 0 Å². The lowest BCUT2D eigenvalue weighted by Gasteiger charge is -2.27. The second kappa shape index (κ2) is 10.3. The number of aromatic nitrogens is 2. The molecule has 0 bridgehead atoms. The van der Waals surface area contributed by atoms with Gasteiger partial charge >= 0.3 is 5.97 Å². The number of carbonyl (C=O) groups is 1. The Morgan fingerprint density at radius 3 is 2.60 bits per heavy atom. The van der Waals surface area contributed by atoms with Crippen LogP contribution in [0.25, 0.3) is 22.5 Å². The Labute approximate surface area is 236 Å². The van der Waals surface area contributed by atoms with Gasteiger partial charge in [-0.15, -0.1) is 0 Å². The Hall–Kier alpha value is -3.76. The van der Waals surface area contributed by atoms with Crippen LogP contribution >= 0.6 is 0 Å². The van der Waals surface area contributed by atoms with E-state index in [0.717, 1.165) is 62.9 Å². The molecule has 1 aliphatic heterocycles. The normalized spacial score (nSPS) is 20.9. The van der Waals surface area contributed by atoms with E-state index in [9.17, 15) is 10.1 Å². The summed E-state index contributed by atoms with van der Waals surface area (Å²) in [4.78, 5) is 24.4. The Balaban J connectivity index is 1.21. The third-order valence-electron chi connectivity index (χ3n) is 8.81. The molecule has 1 unspecified atom stereocenters. The summed E-state index contributed by atoms with van der Waals surface area (Å²) in [5.74, 6) is 1.14. The molecule has 1 atom stereocenters. The number of hydrogen-bond donors (Lipinski definition) is 0. The molecule has 1 saturated carbocycles. The number of ether oxygens (including phenoxy) is 2. The second-order valence-corrected chi connectivity index (χ2v) is 11.9. The van der Waals surface area contributed by atoms with Crippen LogP contribution in [0.1, 0.15) is 63.1 Å². The number of nitrogens with zero attached hydrogens (tertiary/aromatic N) is 4. The topological polar surface area (TPSA) is 88.3 Å². The van der Waals surface area contributed by atoms with E-state index in [1.807, 2.05) is 45.3 Å². The lowest BCUT2D eigenvalue weighted by atomic mass is 9.80. The van der Waals surface area contributed by atoms with Crippen molar-refractivity contribution in [1.29, 1.82) is 5.26 Å². The Morgan fingerprint density at radius 2 is 1.90 bits per heavy atom. The van der Waals surface area contributed by atoms with Gasteiger partial charge in [0.15, 0.2) is 5.82 Å². The van der Waals surface area contributed by atoms with E-state index in [0.29, 0.717) is 23.7 Å². The van der Waals surface area contributed by atoms with Crippen LogP contribution in [0.4, 0.5) is 0 Å². The minimum atomic E-state index is -0.278. The highest BCUT2D eigenvalue weighted by molar-refractivity contribution is 5.80. The van der Waals surface area contributed by atoms with E-state index in [1.165, 1.54) is 16.7 Å². The molecule has 2 heterocycles. The van der Waals surface area contributed by atoms with Gasteiger partial charge in [0.2, 0.25) is 0 Å². The van der Waals surface area contributed by atoms with Crippen molar-refractivity contribution in [3.8, 4) is 34.3 Å². The predicted molar refractivity (Wildman–Crippen MR) is 153 cm³/mol. The van der Waals surface area contributed by atoms with Crippen LogP contribution in [0.5, 0.6) is 5.75 Å². The minimum absolute atomic E-state index is 0.00744. The van der Waals surface area contributed by atoms with Gasteiger partial charge in [-0.05, 0) is 94.3 Å². The van der Waals surface area contributed by atoms with E-state index in [-0.39, 0.29) is 22.9 Å². The van der Waals surface area contributed by atoms with Crippen LogP contribution in [0.3, 0.4) is 0 Å². The number of nitriles is 1. The Kier molecular flexibility index (Phi) is 6.83. The van der Waals surface area contributed by atoms with Gasteiger partial charge in [0.1, 0.15) is 11.8 Å². The molecule has 2 aliphatic carbocycles. The summed E-state index contributed by atoms with van der Waals surface area (Å²) in [6.07, 6.45) is 8.95. The number of rotatable bonds is 8. The molecule has 1 aromatic heterocycles. The van der Waals surface area contributed by atoms with Gasteiger partial charge < -0.3 is 14.4 Å². The molecule has 2 aromatic carbocycles. The molecule has 2 fully saturated rings. The second-order valence-electron chi connectivity index (χ2n) is 11.9. The summed E-state index contributed by atoms with van der Waals surface area (Å²) < 4.78 is 11.1. The van der Waals surface area contributed by atoms with Crippen LogP contribution in [0.15, 0.2) is 48.8 Å². The minimum Gasteiger partial charge on any atom is -0.490 e. The molecule has 40 heavy (non-hydrogen) atoms. The van der Waals surface area contributed by atoms with Crippen molar-refractivity contribution < 1.29 is 14.3 Å². The molecule has 3 aromatic rings. The summed E-state index contributed by atoms with van der Waals surface area (Å²) in [6.45, 7) is 9.05. The van der Waals surface area contributed by atoms with Gasteiger partial charge in [-0.1, -0.05) is 18.2 Å². The third-order valence-corrected chi connectivity index (χ3v) is 8.81. The highest BCUT2D eigenvalue weighted by Gasteiger charge is 2.54. The Bertz CT molecular complexity index is 1470. The average Bonchev–Trinajstić information content (AvgIpc) is 3.50. The third kappa shape index (κ3) is 4.75. The zero-order chi connectivity index (χ0) is 27.9. The van der Waals surface area contributed by atoms with E-state index >= 15 is 0 Å². The lowest BCUT2D eigenvalue weighted by molar-refractivity contribution is -0.150. The number of benzene rings is 2. The van der Waals surface area contributed by atoms with E-state index in [1.54, 1.807) is 6.07 Å². The largest absolute Gasteiger partial charge is 0.490 e. The number of fused-ring (bicyclic) bond motifs is 2. The first-order chi connectivity index (χ1) is 19.4. The summed E-state index contributed by atoms with van der Waals surface area (Å²) in [5.41, 5.74) is 6.18. The molecule has 3 aliphatic rings. The van der Waals surface area contributed by atoms with Crippen LogP contribution in [0.2, 0.25) is 0 Å². The molecule has 0 radical (unpaired) electrons. The molecule has 6 rings (SSSR count). The lowest BCUT2D eigenvalue weighted by Crippen LogP contribution is -2.36. The molecule has 0 amide bonds. The summed E-state index contributed by atoms with van der Waals surface area (Å²) in [7, 11) is 0. The van der Waals surface area contributed by atoms with Crippen LogP contribution in [0, 0.1) is 16.7 Å². The van der Waals surface area contributed by atoms with Crippen LogP contribution in [-0.2, 0) is 21.4 Å². The zero-order valence-corrected chi connectivity index (χ0v) is 23.6. The summed E-state index contributed by atoms with van der Waals surface area (Å²) in [5, 5.41) is 9.60. The fourth-order valence-corrected chi connectivity index (χ4v) is 6.66. The van der Waals surface area contributed by atoms with Crippen molar-refractivity contribution in [3.05, 3.63) is 65.5 Å². The molecular formula is C33H36N4O3. The van der Waals surface area contributed by atoms with Crippen molar-refractivity contribution in [1.82, 2.24) is 14.9 Å². The Morgan fingerprint density at radius 1 is 1.10 bits per heavy atom. The van der Waals surface area contributed by atoms with Crippen molar-refractivity contribution in [2.75, 3.05) is 26.2 Å². The maximum atomic E-state index is 12.5. The maximum absolute atomic E-state index is 12.5. The standard InChI is InChI=1S/C33H36N4O3/c1-4-39-31(38)33(12-13-33)21-37-15-14-32(20-37)11-10-27-26(6-5-7-28(27)32)25-18-35-30(36-19-25)23-8-9-29(40-22(2)3)24(16-23)17-34/h5-9,16,18-19,22H,4,10-15,20-21H2,1-3H3. The molecule has 7 nitrogen and oxygen atoms in total. The van der Waals surface area contributed by atoms with Crippen LogP contribution < -0.4 is 4.74 Å². The molecule has 1 spiro atoms. The zero-order valence-electron chi connectivity index (χ0n) is 23.6. The molecule has 206 valence electrons. The number of esters is 1. The van der Waals surface area contributed by atoms with Crippen molar-refractivity contribution in [3.63, 3.8) is 0 Å². The molecule has 0 N–H and O–H groups in total. The summed E-state index contributed by atoms with van der Waals surface area (Å²) >= 11 is 0. The van der Waals surface area contributed by atoms with E-state index in [4.69, 9.17) is 9.47 Å². The van der Waals surface area contributed by atoms with Gasteiger partial charge in [0.25, 0.3) is 0 Å².